The van der Waals surface area contributed by atoms with Crippen molar-refractivity contribution < 1.29 is 23.9 Å². The van der Waals surface area contributed by atoms with E-state index in [-0.39, 0.29) is 30.0 Å². The molecule has 102 valence electrons. The van der Waals surface area contributed by atoms with Crippen LogP contribution in [0.25, 0.3) is 0 Å². The van der Waals surface area contributed by atoms with Crippen molar-refractivity contribution in [2.75, 3.05) is 18.5 Å². The van der Waals surface area contributed by atoms with Gasteiger partial charge in [-0.05, 0) is 32.0 Å². The number of rotatable bonds is 6. The molecular weight excluding hydrogens is 250 g/mol. The smallest absolute Gasteiger partial charge is 0.340 e. The van der Waals surface area contributed by atoms with Gasteiger partial charge in [-0.25, -0.2) is 9.59 Å². The summed E-state index contributed by atoms with van der Waals surface area (Å²) >= 11 is 0. The summed E-state index contributed by atoms with van der Waals surface area (Å²) in [5, 5.41) is 2.38. The lowest BCUT2D eigenvalue weighted by Gasteiger charge is -2.09. The van der Waals surface area contributed by atoms with E-state index >= 15 is 0 Å². The maximum Gasteiger partial charge on any atom is 0.340 e. The van der Waals surface area contributed by atoms with Crippen LogP contribution in [-0.4, -0.2) is 31.6 Å². The largest absolute Gasteiger partial charge is 0.462 e. The van der Waals surface area contributed by atoms with E-state index in [0.29, 0.717) is 6.41 Å². The number of amides is 1. The van der Waals surface area contributed by atoms with Gasteiger partial charge in [0, 0.05) is 0 Å². The lowest BCUT2D eigenvalue weighted by atomic mass is 10.1. The number of nitrogens with one attached hydrogen (secondary N) is 1. The first-order chi connectivity index (χ1) is 9.13. The van der Waals surface area contributed by atoms with Crippen LogP contribution in [0.1, 0.15) is 34.6 Å². The van der Waals surface area contributed by atoms with E-state index in [0.717, 1.165) is 0 Å². The lowest BCUT2D eigenvalue weighted by molar-refractivity contribution is -0.105. The highest BCUT2D eigenvalue weighted by molar-refractivity contribution is 6.01. The molecule has 1 amide bonds. The average molecular weight is 265 g/mol. The van der Waals surface area contributed by atoms with Gasteiger partial charge in [0.15, 0.2) is 0 Å². The van der Waals surface area contributed by atoms with Crippen LogP contribution < -0.4 is 5.32 Å². The lowest BCUT2D eigenvalue weighted by Crippen LogP contribution is -2.12. The quantitative estimate of drug-likeness (QED) is 0.624. The van der Waals surface area contributed by atoms with Gasteiger partial charge < -0.3 is 14.8 Å². The highest BCUT2D eigenvalue weighted by Crippen LogP contribution is 2.19. The monoisotopic (exact) mass is 265 g/mol. The van der Waals surface area contributed by atoms with E-state index in [2.05, 4.69) is 5.32 Å². The highest BCUT2D eigenvalue weighted by Gasteiger charge is 2.16. The Labute approximate surface area is 110 Å². The van der Waals surface area contributed by atoms with E-state index in [1.54, 1.807) is 13.8 Å². The molecule has 6 heteroatoms. The summed E-state index contributed by atoms with van der Waals surface area (Å²) in [6, 6.07) is 4.25. The van der Waals surface area contributed by atoms with Crippen molar-refractivity contribution in [3.05, 3.63) is 29.3 Å². The predicted octanol–water partition coefficient (Wildman–Crippen LogP) is 1.61. The second-order valence-corrected chi connectivity index (χ2v) is 3.46. The van der Waals surface area contributed by atoms with E-state index in [4.69, 9.17) is 9.47 Å². The van der Waals surface area contributed by atoms with Crippen LogP contribution in [-0.2, 0) is 14.3 Å². The number of carbonyl (C=O) groups is 3. The minimum absolute atomic E-state index is 0.111. The number of ether oxygens (including phenoxy) is 2. The third-order valence-corrected chi connectivity index (χ3v) is 2.24. The maximum absolute atomic E-state index is 11.7. The molecule has 1 aromatic rings. The summed E-state index contributed by atoms with van der Waals surface area (Å²) in [5.41, 5.74) is 0.613. The van der Waals surface area contributed by atoms with E-state index < -0.39 is 11.9 Å². The number of hydrogen-bond acceptors (Lipinski definition) is 5. The fraction of sp³-hybridized carbons (Fsp3) is 0.308. The Bertz CT molecular complexity index is 484. The van der Waals surface area contributed by atoms with Crippen molar-refractivity contribution in [3.63, 3.8) is 0 Å². The molecular formula is C13H15NO5. The van der Waals surface area contributed by atoms with E-state index in [9.17, 15) is 14.4 Å². The van der Waals surface area contributed by atoms with Crippen molar-refractivity contribution in [3.8, 4) is 0 Å². The highest BCUT2D eigenvalue weighted by atomic mass is 16.5. The zero-order valence-corrected chi connectivity index (χ0v) is 10.8. The number of benzene rings is 1. The first kappa shape index (κ1) is 14.7. The summed E-state index contributed by atoms with van der Waals surface area (Å²) in [4.78, 5) is 33.8. The molecule has 0 saturated carbocycles. The van der Waals surface area contributed by atoms with Gasteiger partial charge in [-0.3, -0.25) is 4.79 Å². The Balaban J connectivity index is 3.13. The van der Waals surface area contributed by atoms with Gasteiger partial charge >= 0.3 is 11.9 Å². The van der Waals surface area contributed by atoms with Crippen molar-refractivity contribution in [1.82, 2.24) is 0 Å². The molecule has 0 saturated heterocycles. The number of esters is 2. The van der Waals surface area contributed by atoms with E-state index in [1.165, 1.54) is 18.2 Å². The molecule has 0 heterocycles. The van der Waals surface area contributed by atoms with Gasteiger partial charge in [-0.1, -0.05) is 0 Å². The molecule has 6 nitrogen and oxygen atoms in total. The molecule has 0 spiro atoms. The van der Waals surface area contributed by atoms with Gasteiger partial charge in [0.25, 0.3) is 0 Å². The van der Waals surface area contributed by atoms with Crippen LogP contribution in [0.4, 0.5) is 5.69 Å². The molecule has 0 aliphatic heterocycles. The maximum atomic E-state index is 11.7. The van der Waals surface area contributed by atoms with E-state index in [1.807, 2.05) is 0 Å². The minimum Gasteiger partial charge on any atom is -0.462 e. The van der Waals surface area contributed by atoms with Gasteiger partial charge in [0.05, 0.1) is 30.0 Å². The third kappa shape index (κ3) is 3.80. The summed E-state index contributed by atoms with van der Waals surface area (Å²) in [7, 11) is 0. The minimum atomic E-state index is -0.613. The fourth-order valence-electron chi connectivity index (χ4n) is 1.45. The molecule has 0 bridgehead atoms. The van der Waals surface area contributed by atoms with Crippen LogP contribution in [0.15, 0.2) is 18.2 Å². The molecule has 0 aromatic heterocycles. The zero-order chi connectivity index (χ0) is 14.3. The second-order valence-electron chi connectivity index (χ2n) is 3.46. The average Bonchev–Trinajstić information content (AvgIpc) is 2.40. The molecule has 1 N–H and O–H groups in total. The molecule has 0 aliphatic carbocycles. The third-order valence-electron chi connectivity index (χ3n) is 2.24. The molecule has 0 atom stereocenters. The SMILES string of the molecule is CCOC(=O)c1ccc(NC=O)c(C(=O)OCC)c1. The first-order valence-electron chi connectivity index (χ1n) is 5.82. The predicted molar refractivity (Wildman–Crippen MR) is 68.0 cm³/mol. The molecule has 1 aromatic carbocycles. The molecule has 19 heavy (non-hydrogen) atoms. The van der Waals surface area contributed by atoms with Gasteiger partial charge in [-0.15, -0.1) is 0 Å². The first-order valence-corrected chi connectivity index (χ1v) is 5.82. The van der Waals surface area contributed by atoms with Crippen molar-refractivity contribution in [1.29, 1.82) is 0 Å². The Morgan fingerprint density at radius 3 is 2.37 bits per heavy atom. The summed E-state index contributed by atoms with van der Waals surface area (Å²) in [6.45, 7) is 3.79. The summed E-state index contributed by atoms with van der Waals surface area (Å²) < 4.78 is 9.70. The van der Waals surface area contributed by atoms with Crippen LogP contribution in [0.2, 0.25) is 0 Å². The number of carbonyl (C=O) groups excluding carboxylic acids is 3. The second kappa shape index (κ2) is 7.15. The standard InChI is InChI=1S/C13H15NO5/c1-3-18-12(16)9-5-6-11(14-8-15)10(7-9)13(17)19-4-2/h5-8H,3-4H2,1-2H3,(H,14,15). The van der Waals surface area contributed by atoms with Gasteiger partial charge in [-0.2, -0.15) is 0 Å². The van der Waals surface area contributed by atoms with Crippen molar-refractivity contribution in [2.24, 2.45) is 0 Å². The normalized spacial score (nSPS) is 9.58. The van der Waals surface area contributed by atoms with Crippen LogP contribution in [0, 0.1) is 0 Å². The molecule has 1 rings (SSSR count). The fourth-order valence-corrected chi connectivity index (χ4v) is 1.45. The molecule has 0 unspecified atom stereocenters. The number of hydrogen-bond donors (Lipinski definition) is 1. The Kier molecular flexibility index (Phi) is 5.53. The van der Waals surface area contributed by atoms with Crippen molar-refractivity contribution in [2.45, 2.75) is 13.8 Å². The van der Waals surface area contributed by atoms with Gasteiger partial charge in [0.2, 0.25) is 6.41 Å². The Morgan fingerprint density at radius 1 is 1.16 bits per heavy atom. The summed E-state index contributed by atoms with van der Waals surface area (Å²) in [5.74, 6) is -1.15. The van der Waals surface area contributed by atoms with Crippen molar-refractivity contribution >= 4 is 24.0 Å². The molecule has 0 aliphatic rings. The van der Waals surface area contributed by atoms with Crippen LogP contribution >= 0.6 is 0 Å². The Hall–Kier alpha value is -2.37. The molecule has 0 fully saturated rings. The van der Waals surface area contributed by atoms with Crippen LogP contribution in [0.3, 0.4) is 0 Å². The zero-order valence-electron chi connectivity index (χ0n) is 10.8. The van der Waals surface area contributed by atoms with Crippen LogP contribution in [0.5, 0.6) is 0 Å². The Morgan fingerprint density at radius 2 is 1.79 bits per heavy atom. The molecule has 0 radical (unpaired) electrons. The summed E-state index contributed by atoms with van der Waals surface area (Å²) in [6.07, 6.45) is 0.447. The van der Waals surface area contributed by atoms with Gasteiger partial charge in [0.1, 0.15) is 0 Å². The number of anilines is 1. The topological polar surface area (TPSA) is 81.7 Å².